The molecule has 0 saturated heterocycles. The Bertz CT molecular complexity index is 249. The van der Waals surface area contributed by atoms with Gasteiger partial charge >= 0.3 is 0 Å². The zero-order chi connectivity index (χ0) is 10.8. The first kappa shape index (κ1) is 13.0. The lowest BCUT2D eigenvalue weighted by Gasteiger charge is -1.98. The van der Waals surface area contributed by atoms with Crippen molar-refractivity contribution in [3.8, 4) is 0 Å². The molecule has 1 aromatic carbocycles. The lowest BCUT2D eigenvalue weighted by molar-refractivity contribution is -0.115. The predicted octanol–water partition coefficient (Wildman–Crippen LogP) is 2.43. The van der Waals surface area contributed by atoms with Crippen LogP contribution in [0.2, 0.25) is 0 Å². The molecule has 0 saturated carbocycles. The third kappa shape index (κ3) is 6.54. The Morgan fingerprint density at radius 1 is 1.29 bits per heavy atom. The van der Waals surface area contributed by atoms with E-state index in [0.29, 0.717) is 5.75 Å². The van der Waals surface area contributed by atoms with Crippen molar-refractivity contribution in [2.45, 2.75) is 19.6 Å². The molecule has 0 spiro atoms. The van der Waals surface area contributed by atoms with Crippen LogP contribution in [0.25, 0.3) is 0 Å². The van der Waals surface area contributed by atoms with Gasteiger partial charge < -0.3 is 5.73 Å². The van der Waals surface area contributed by atoms with Crippen LogP contribution >= 0.6 is 11.8 Å². The number of rotatable bonds is 4. The van der Waals surface area contributed by atoms with Gasteiger partial charge in [-0.3, -0.25) is 4.79 Å². The molecule has 2 nitrogen and oxygen atoms in total. The Morgan fingerprint density at radius 3 is 2.36 bits per heavy atom. The quantitative estimate of drug-likeness (QED) is 0.831. The smallest absolute Gasteiger partial charge is 0.227 e. The average molecular weight is 211 g/mol. The Morgan fingerprint density at radius 2 is 1.86 bits per heavy atom. The molecule has 3 heteroatoms. The van der Waals surface area contributed by atoms with E-state index in [1.54, 1.807) is 0 Å². The SMILES string of the molecule is CC.NC(=O)CSCc1ccccc1. The maximum absolute atomic E-state index is 10.4. The van der Waals surface area contributed by atoms with Crippen molar-refractivity contribution in [3.05, 3.63) is 35.9 Å². The fourth-order valence-electron chi connectivity index (χ4n) is 0.844. The van der Waals surface area contributed by atoms with Gasteiger partial charge in [-0.15, -0.1) is 11.8 Å². The maximum Gasteiger partial charge on any atom is 0.227 e. The van der Waals surface area contributed by atoms with E-state index in [9.17, 15) is 4.79 Å². The van der Waals surface area contributed by atoms with Gasteiger partial charge in [0.05, 0.1) is 5.75 Å². The van der Waals surface area contributed by atoms with Crippen LogP contribution in [0.5, 0.6) is 0 Å². The average Bonchev–Trinajstić information content (AvgIpc) is 2.22. The number of carbonyl (C=O) groups is 1. The molecule has 0 radical (unpaired) electrons. The van der Waals surface area contributed by atoms with E-state index >= 15 is 0 Å². The number of thioether (sulfide) groups is 1. The lowest BCUT2D eigenvalue weighted by atomic mass is 10.2. The van der Waals surface area contributed by atoms with Crippen LogP contribution in [-0.4, -0.2) is 11.7 Å². The molecule has 1 aromatic rings. The minimum absolute atomic E-state index is 0.254. The van der Waals surface area contributed by atoms with Gasteiger partial charge in [-0.2, -0.15) is 0 Å². The highest BCUT2D eigenvalue weighted by Gasteiger charge is 1.95. The molecule has 14 heavy (non-hydrogen) atoms. The third-order valence-corrected chi connectivity index (χ3v) is 2.38. The number of hydrogen-bond donors (Lipinski definition) is 1. The first-order valence-corrected chi connectivity index (χ1v) is 5.84. The molecule has 0 aliphatic rings. The highest BCUT2D eigenvalue weighted by molar-refractivity contribution is 7.99. The maximum atomic E-state index is 10.4. The van der Waals surface area contributed by atoms with Crippen LogP contribution < -0.4 is 5.73 Å². The van der Waals surface area contributed by atoms with Gasteiger partial charge in [0.2, 0.25) is 5.91 Å². The van der Waals surface area contributed by atoms with Gasteiger partial charge in [-0.25, -0.2) is 0 Å². The summed E-state index contributed by atoms with van der Waals surface area (Å²) in [5.74, 6) is 0.995. The van der Waals surface area contributed by atoms with Crippen molar-refractivity contribution in [3.63, 3.8) is 0 Å². The molecule has 0 aliphatic heterocycles. The van der Waals surface area contributed by atoms with Crippen molar-refractivity contribution >= 4 is 17.7 Å². The predicted molar refractivity (Wildman–Crippen MR) is 63.1 cm³/mol. The van der Waals surface area contributed by atoms with Crippen molar-refractivity contribution < 1.29 is 4.79 Å². The summed E-state index contributed by atoms with van der Waals surface area (Å²) in [7, 11) is 0. The number of carbonyl (C=O) groups excluding carboxylic acids is 1. The normalized spacial score (nSPS) is 8.71. The van der Waals surface area contributed by atoms with E-state index in [1.807, 2.05) is 44.2 Å². The van der Waals surface area contributed by atoms with Gasteiger partial charge in [0, 0.05) is 5.75 Å². The summed E-state index contributed by atoms with van der Waals surface area (Å²) in [6.45, 7) is 4.00. The molecule has 0 fully saturated rings. The molecule has 0 unspecified atom stereocenters. The molecular formula is C11H17NOS. The second kappa shape index (κ2) is 8.63. The number of amides is 1. The molecule has 0 bridgehead atoms. The van der Waals surface area contributed by atoms with E-state index in [1.165, 1.54) is 17.3 Å². The molecule has 78 valence electrons. The number of benzene rings is 1. The summed E-state index contributed by atoms with van der Waals surface area (Å²) in [5, 5.41) is 0. The Labute approximate surface area is 89.9 Å². The topological polar surface area (TPSA) is 43.1 Å². The molecule has 1 rings (SSSR count). The van der Waals surface area contributed by atoms with Crippen molar-refractivity contribution in [1.29, 1.82) is 0 Å². The van der Waals surface area contributed by atoms with E-state index in [2.05, 4.69) is 0 Å². The fraction of sp³-hybridized carbons (Fsp3) is 0.364. The summed E-state index contributed by atoms with van der Waals surface area (Å²) < 4.78 is 0. The molecule has 1 amide bonds. The van der Waals surface area contributed by atoms with E-state index in [-0.39, 0.29) is 5.91 Å². The highest BCUT2D eigenvalue weighted by Crippen LogP contribution is 2.10. The third-order valence-electron chi connectivity index (χ3n) is 1.36. The first-order chi connectivity index (χ1) is 6.79. The van der Waals surface area contributed by atoms with Crippen LogP contribution in [0.4, 0.5) is 0 Å². The van der Waals surface area contributed by atoms with Gasteiger partial charge in [0.25, 0.3) is 0 Å². The first-order valence-electron chi connectivity index (χ1n) is 4.69. The largest absolute Gasteiger partial charge is 0.369 e. The van der Waals surface area contributed by atoms with E-state index in [0.717, 1.165) is 5.75 Å². The molecule has 0 heterocycles. The van der Waals surface area contributed by atoms with Crippen LogP contribution in [0.3, 0.4) is 0 Å². The number of hydrogen-bond acceptors (Lipinski definition) is 2. The second-order valence-electron chi connectivity index (χ2n) is 2.44. The lowest BCUT2D eigenvalue weighted by Crippen LogP contribution is -2.13. The van der Waals surface area contributed by atoms with Crippen LogP contribution in [0, 0.1) is 0 Å². The monoisotopic (exact) mass is 211 g/mol. The highest BCUT2D eigenvalue weighted by atomic mass is 32.2. The fourth-order valence-corrected chi connectivity index (χ4v) is 1.58. The number of nitrogens with two attached hydrogens (primary N) is 1. The van der Waals surface area contributed by atoms with Gasteiger partial charge in [0.1, 0.15) is 0 Å². The minimum Gasteiger partial charge on any atom is -0.369 e. The zero-order valence-electron chi connectivity index (χ0n) is 8.69. The molecule has 0 aromatic heterocycles. The van der Waals surface area contributed by atoms with Gasteiger partial charge in [-0.1, -0.05) is 44.2 Å². The zero-order valence-corrected chi connectivity index (χ0v) is 9.51. The minimum atomic E-state index is -0.254. The molecular weight excluding hydrogens is 194 g/mol. The number of primary amides is 1. The van der Waals surface area contributed by atoms with E-state index < -0.39 is 0 Å². The summed E-state index contributed by atoms with van der Waals surface area (Å²) in [5.41, 5.74) is 6.22. The van der Waals surface area contributed by atoms with Crippen LogP contribution in [-0.2, 0) is 10.5 Å². The van der Waals surface area contributed by atoms with Crippen molar-refractivity contribution in [2.24, 2.45) is 5.73 Å². The van der Waals surface area contributed by atoms with Gasteiger partial charge in [0.15, 0.2) is 0 Å². The van der Waals surface area contributed by atoms with Crippen LogP contribution in [0.1, 0.15) is 19.4 Å². The Balaban J connectivity index is 0.000000791. The molecule has 2 N–H and O–H groups in total. The summed E-state index contributed by atoms with van der Waals surface area (Å²) in [4.78, 5) is 10.4. The summed E-state index contributed by atoms with van der Waals surface area (Å²) >= 11 is 1.54. The van der Waals surface area contributed by atoms with Gasteiger partial charge in [-0.05, 0) is 5.56 Å². The summed E-state index contributed by atoms with van der Waals surface area (Å²) in [6.07, 6.45) is 0. The Hall–Kier alpha value is -0.960. The standard InChI is InChI=1S/C9H11NOS.C2H6/c10-9(11)7-12-6-8-4-2-1-3-5-8;1-2/h1-5H,6-7H2,(H2,10,11);1-2H3. The molecule has 0 atom stereocenters. The van der Waals surface area contributed by atoms with E-state index in [4.69, 9.17) is 5.73 Å². The summed E-state index contributed by atoms with van der Waals surface area (Å²) in [6, 6.07) is 10.0. The van der Waals surface area contributed by atoms with Crippen LogP contribution in [0.15, 0.2) is 30.3 Å². The van der Waals surface area contributed by atoms with Crippen molar-refractivity contribution in [2.75, 3.05) is 5.75 Å². The van der Waals surface area contributed by atoms with Crippen molar-refractivity contribution in [1.82, 2.24) is 0 Å². The molecule has 0 aliphatic carbocycles. The second-order valence-corrected chi connectivity index (χ2v) is 3.43. The Kier molecular flexibility index (Phi) is 8.04.